The molecule has 0 unspecified atom stereocenters. The van der Waals surface area contributed by atoms with Crippen LogP contribution in [-0.4, -0.2) is 10.1 Å². The molecule has 0 fully saturated rings. The van der Waals surface area contributed by atoms with Gasteiger partial charge < -0.3 is 0 Å². The van der Waals surface area contributed by atoms with E-state index in [1.54, 1.807) is 0 Å². The molecule has 0 saturated carbocycles. The smallest absolute Gasteiger partial charge is 0.228 e. The lowest BCUT2D eigenvalue weighted by atomic mass is 10.3. The Morgan fingerprint density at radius 1 is 1.56 bits per heavy atom. The lowest BCUT2D eigenvalue weighted by molar-refractivity contribution is -0.284. The predicted octanol–water partition coefficient (Wildman–Crippen LogP) is 2.10. The molecule has 0 spiro atoms. The summed E-state index contributed by atoms with van der Waals surface area (Å²) in [5.74, 6) is 0.654. The third kappa shape index (κ3) is 7.75. The van der Waals surface area contributed by atoms with Crippen LogP contribution in [0.5, 0.6) is 0 Å². The topological polar surface area (TPSA) is 43.1 Å². The molecule has 4 heteroatoms. The van der Waals surface area contributed by atoms with Gasteiger partial charge in [0, 0.05) is 0 Å². The van der Waals surface area contributed by atoms with Crippen LogP contribution in [0.15, 0.2) is 0 Å². The van der Waals surface area contributed by atoms with Crippen molar-refractivity contribution in [3.05, 3.63) is 10.1 Å². The minimum atomic E-state index is -0.338. The van der Waals surface area contributed by atoms with Crippen molar-refractivity contribution in [1.82, 2.24) is 0 Å². The van der Waals surface area contributed by atoms with Crippen molar-refractivity contribution in [3.63, 3.8) is 0 Å². The van der Waals surface area contributed by atoms with E-state index < -0.39 is 0 Å². The first-order valence-corrected chi connectivity index (χ1v) is 3.99. The van der Waals surface area contributed by atoms with Gasteiger partial charge in [0.05, 0.1) is 5.75 Å². The Morgan fingerprint density at radius 2 is 2.22 bits per heavy atom. The van der Waals surface area contributed by atoms with Crippen LogP contribution < -0.4 is 0 Å². The van der Waals surface area contributed by atoms with Gasteiger partial charge in [-0.2, -0.15) is 0 Å². The highest BCUT2D eigenvalue weighted by atomic mass is 32.2. The highest BCUT2D eigenvalue weighted by Gasteiger charge is 1.97. The molecule has 0 aliphatic heterocycles. The van der Waals surface area contributed by atoms with Gasteiger partial charge in [-0.1, -0.05) is 19.8 Å². The van der Waals surface area contributed by atoms with E-state index in [4.69, 9.17) is 0 Å². The summed E-state index contributed by atoms with van der Waals surface area (Å²) in [4.78, 5) is 9.73. The van der Waals surface area contributed by atoms with Crippen molar-refractivity contribution >= 4 is 11.9 Å². The van der Waals surface area contributed by atoms with Crippen LogP contribution in [0.1, 0.15) is 26.2 Å². The molecule has 0 bridgehead atoms. The fraction of sp³-hybridized carbons (Fsp3) is 1.00. The average Bonchev–Trinajstić information content (AvgIpc) is 1.80. The SMILES string of the molecule is CCCCCS[N+](=O)[O-]. The van der Waals surface area contributed by atoms with Crippen molar-refractivity contribution in [1.29, 1.82) is 0 Å². The van der Waals surface area contributed by atoms with Crippen molar-refractivity contribution in [3.8, 4) is 0 Å². The molecule has 9 heavy (non-hydrogen) atoms. The number of hydrogen-bond acceptors (Lipinski definition) is 3. The second kappa shape index (κ2) is 5.88. The second-order valence-electron chi connectivity index (χ2n) is 1.76. The Kier molecular flexibility index (Phi) is 5.72. The maximum Gasteiger partial charge on any atom is 0.228 e. The fourth-order valence-corrected chi connectivity index (χ4v) is 0.973. The number of hydrogen-bond donors (Lipinski definition) is 0. The molecule has 0 amide bonds. The second-order valence-corrected chi connectivity index (χ2v) is 2.73. The van der Waals surface area contributed by atoms with Gasteiger partial charge in [0.1, 0.15) is 4.33 Å². The lowest BCUT2D eigenvalue weighted by Gasteiger charge is -1.89. The van der Waals surface area contributed by atoms with Crippen LogP contribution in [0.3, 0.4) is 0 Å². The normalized spacial score (nSPS) is 9.44. The van der Waals surface area contributed by atoms with Crippen molar-refractivity contribution in [2.24, 2.45) is 0 Å². The Morgan fingerprint density at radius 3 is 2.67 bits per heavy atom. The molecule has 54 valence electrons. The van der Waals surface area contributed by atoms with Crippen LogP contribution in [-0.2, 0) is 0 Å². The Bertz CT molecular complexity index is 87.0. The molecule has 0 heterocycles. The van der Waals surface area contributed by atoms with Gasteiger partial charge in [-0.05, 0) is 6.42 Å². The van der Waals surface area contributed by atoms with Crippen LogP contribution in [0.25, 0.3) is 0 Å². The maximum absolute atomic E-state index is 9.73. The molecule has 0 N–H and O–H groups in total. The van der Waals surface area contributed by atoms with Crippen molar-refractivity contribution in [2.75, 3.05) is 5.75 Å². The largest absolute Gasteiger partial charge is 0.251 e. The first kappa shape index (κ1) is 8.75. The summed E-state index contributed by atoms with van der Waals surface area (Å²) in [7, 11) is 0. The highest BCUT2D eigenvalue weighted by Crippen LogP contribution is 2.05. The minimum absolute atomic E-state index is 0.338. The quantitative estimate of drug-likeness (QED) is 0.260. The molecule has 0 rings (SSSR count). The van der Waals surface area contributed by atoms with Gasteiger partial charge in [-0.3, -0.25) is 10.1 Å². The highest BCUT2D eigenvalue weighted by molar-refractivity contribution is 7.93. The first-order chi connectivity index (χ1) is 4.27. The molecule has 0 radical (unpaired) electrons. The first-order valence-electron chi connectivity index (χ1n) is 3.04. The average molecular weight is 149 g/mol. The monoisotopic (exact) mass is 149 g/mol. The van der Waals surface area contributed by atoms with E-state index in [1.165, 1.54) is 0 Å². The van der Waals surface area contributed by atoms with E-state index in [1.807, 2.05) is 0 Å². The van der Waals surface area contributed by atoms with Gasteiger partial charge in [0.15, 0.2) is 0 Å². The zero-order chi connectivity index (χ0) is 7.11. The number of nitrogens with zero attached hydrogens (tertiary/aromatic N) is 1. The van der Waals surface area contributed by atoms with Crippen molar-refractivity contribution in [2.45, 2.75) is 26.2 Å². The molecule has 0 aromatic carbocycles. The van der Waals surface area contributed by atoms with E-state index in [2.05, 4.69) is 6.92 Å². The van der Waals surface area contributed by atoms with E-state index in [9.17, 15) is 10.1 Å². The Hall–Kier alpha value is -0.250. The summed E-state index contributed by atoms with van der Waals surface area (Å²) in [6, 6.07) is 0. The predicted molar refractivity (Wildman–Crippen MR) is 39.0 cm³/mol. The summed E-state index contributed by atoms with van der Waals surface area (Å²) in [6.07, 6.45) is 3.18. The van der Waals surface area contributed by atoms with Gasteiger partial charge in [0.2, 0.25) is 11.9 Å². The van der Waals surface area contributed by atoms with Crippen LogP contribution in [0.4, 0.5) is 0 Å². The lowest BCUT2D eigenvalue weighted by Crippen LogP contribution is -1.86. The van der Waals surface area contributed by atoms with E-state index in [-0.39, 0.29) is 4.33 Å². The molecular formula is C5H11NO2S. The van der Waals surface area contributed by atoms with Crippen molar-refractivity contribution < 1.29 is 4.33 Å². The minimum Gasteiger partial charge on any atom is -0.251 e. The third-order valence-electron chi connectivity index (χ3n) is 0.945. The fourth-order valence-electron chi connectivity index (χ4n) is 0.491. The zero-order valence-corrected chi connectivity index (χ0v) is 6.32. The molecule has 0 saturated heterocycles. The van der Waals surface area contributed by atoms with Gasteiger partial charge >= 0.3 is 0 Å². The van der Waals surface area contributed by atoms with E-state index >= 15 is 0 Å². The zero-order valence-electron chi connectivity index (χ0n) is 5.50. The third-order valence-corrected chi connectivity index (χ3v) is 1.63. The molecule has 0 aliphatic carbocycles. The molecule has 3 nitrogen and oxygen atoms in total. The molecular weight excluding hydrogens is 138 g/mol. The van der Waals surface area contributed by atoms with Crippen LogP contribution in [0, 0.1) is 10.1 Å². The van der Waals surface area contributed by atoms with Gasteiger partial charge in [-0.15, -0.1) is 0 Å². The summed E-state index contributed by atoms with van der Waals surface area (Å²) in [6.45, 7) is 2.08. The van der Waals surface area contributed by atoms with Crippen LogP contribution >= 0.6 is 11.9 Å². The van der Waals surface area contributed by atoms with Gasteiger partial charge in [-0.25, -0.2) is 0 Å². The number of nitro groups is 1. The maximum atomic E-state index is 9.73. The molecule has 0 aromatic heterocycles. The summed E-state index contributed by atoms with van der Waals surface area (Å²) in [5.41, 5.74) is 0. The summed E-state index contributed by atoms with van der Waals surface area (Å²) in [5, 5.41) is 9.73. The number of unbranched alkanes of at least 4 members (excludes halogenated alkanes) is 2. The molecule has 0 atom stereocenters. The Labute approximate surface area is 59.1 Å². The van der Waals surface area contributed by atoms with Crippen LogP contribution in [0.2, 0.25) is 0 Å². The standard InChI is InChI=1S/C5H11NO2S/c1-2-3-4-5-9-6(7)8/h2-5H2,1H3. The van der Waals surface area contributed by atoms with E-state index in [0.717, 1.165) is 31.2 Å². The summed E-state index contributed by atoms with van der Waals surface area (Å²) < 4.78 is -0.338. The molecule has 0 aliphatic rings. The summed E-state index contributed by atoms with van der Waals surface area (Å²) >= 11 is 0.793. The van der Waals surface area contributed by atoms with E-state index in [0.29, 0.717) is 5.75 Å². The number of rotatable bonds is 5. The molecule has 0 aromatic rings. The Balaban J connectivity index is 2.83. The van der Waals surface area contributed by atoms with Gasteiger partial charge in [0.25, 0.3) is 0 Å².